The second-order valence-electron chi connectivity index (χ2n) is 3.42. The number of rotatable bonds is 3. The highest BCUT2D eigenvalue weighted by molar-refractivity contribution is 7.17. The van der Waals surface area contributed by atoms with Crippen LogP contribution in [0.3, 0.4) is 0 Å². The van der Waals surface area contributed by atoms with Crippen molar-refractivity contribution in [2.45, 2.75) is 19.8 Å². The molecule has 0 bridgehead atoms. The van der Waals surface area contributed by atoms with Crippen molar-refractivity contribution in [2.75, 3.05) is 0 Å². The van der Waals surface area contributed by atoms with E-state index in [9.17, 15) is 9.59 Å². The number of aryl methyl sites for hydroxylation is 1. The first-order valence-corrected chi connectivity index (χ1v) is 5.72. The summed E-state index contributed by atoms with van der Waals surface area (Å²) in [6, 6.07) is 1.62. The van der Waals surface area contributed by atoms with Crippen molar-refractivity contribution in [1.82, 2.24) is 4.98 Å². The summed E-state index contributed by atoms with van der Waals surface area (Å²) in [6.45, 7) is 2.07. The van der Waals surface area contributed by atoms with Gasteiger partial charge in [0.2, 0.25) is 5.56 Å². The van der Waals surface area contributed by atoms with Crippen molar-refractivity contribution in [3.05, 3.63) is 32.9 Å². The molecule has 0 aliphatic carbocycles. The Morgan fingerprint density at radius 3 is 3.00 bits per heavy atom. The summed E-state index contributed by atoms with van der Waals surface area (Å²) >= 11 is 1.51. The van der Waals surface area contributed by atoms with Crippen LogP contribution in [0.15, 0.2) is 16.2 Å². The minimum absolute atomic E-state index is 0.132. The molecule has 0 amide bonds. The van der Waals surface area contributed by atoms with Crippen molar-refractivity contribution in [3.8, 4) is 0 Å². The summed E-state index contributed by atoms with van der Waals surface area (Å²) in [4.78, 5) is 24.8. The molecule has 0 spiro atoms. The lowest BCUT2D eigenvalue weighted by Crippen LogP contribution is -2.06. The van der Waals surface area contributed by atoms with Gasteiger partial charge in [-0.1, -0.05) is 13.3 Å². The van der Waals surface area contributed by atoms with E-state index in [4.69, 9.17) is 0 Å². The standard InChI is InChI=1S/C11H11NO2S/c1-2-3-7-4-9(14)12-10-8(5-13)6-15-11(7)10/h4-6H,2-3H2,1H3,(H,12,14). The van der Waals surface area contributed by atoms with Crippen LogP contribution in [-0.4, -0.2) is 11.3 Å². The molecule has 1 N–H and O–H groups in total. The molecule has 3 nitrogen and oxygen atoms in total. The van der Waals surface area contributed by atoms with E-state index in [1.165, 1.54) is 11.3 Å². The Labute approximate surface area is 90.8 Å². The van der Waals surface area contributed by atoms with Gasteiger partial charge in [0.25, 0.3) is 0 Å². The molecular weight excluding hydrogens is 210 g/mol. The van der Waals surface area contributed by atoms with Crippen LogP contribution in [0.1, 0.15) is 29.3 Å². The predicted octanol–water partition coefficient (Wildman–Crippen LogP) is 2.35. The van der Waals surface area contributed by atoms with Gasteiger partial charge in [0, 0.05) is 17.0 Å². The minimum Gasteiger partial charge on any atom is -0.321 e. The fourth-order valence-corrected chi connectivity index (χ4v) is 2.68. The number of hydrogen-bond acceptors (Lipinski definition) is 3. The van der Waals surface area contributed by atoms with E-state index in [-0.39, 0.29) is 5.56 Å². The Bertz CT molecular complexity index is 553. The lowest BCUT2D eigenvalue weighted by atomic mass is 10.1. The molecule has 0 atom stereocenters. The van der Waals surface area contributed by atoms with E-state index in [1.807, 2.05) is 0 Å². The molecule has 2 aromatic rings. The fourth-order valence-electron chi connectivity index (χ4n) is 1.66. The quantitative estimate of drug-likeness (QED) is 0.809. The molecule has 0 unspecified atom stereocenters. The number of aldehydes is 1. The normalized spacial score (nSPS) is 10.7. The number of H-pyrrole nitrogens is 1. The molecule has 0 saturated heterocycles. The number of pyridine rings is 1. The summed E-state index contributed by atoms with van der Waals surface area (Å²) in [7, 11) is 0. The van der Waals surface area contributed by atoms with Crippen molar-refractivity contribution >= 4 is 27.8 Å². The van der Waals surface area contributed by atoms with E-state index in [1.54, 1.807) is 11.4 Å². The molecule has 0 radical (unpaired) electrons. The third-order valence-electron chi connectivity index (χ3n) is 2.31. The Hall–Kier alpha value is -1.42. The van der Waals surface area contributed by atoms with E-state index < -0.39 is 0 Å². The van der Waals surface area contributed by atoms with E-state index >= 15 is 0 Å². The molecule has 0 fully saturated rings. The number of hydrogen-bond donors (Lipinski definition) is 1. The first-order chi connectivity index (χ1) is 7.26. The van der Waals surface area contributed by atoms with Gasteiger partial charge in [-0.15, -0.1) is 11.3 Å². The lowest BCUT2D eigenvalue weighted by Gasteiger charge is -1.99. The Balaban J connectivity index is 2.76. The third-order valence-corrected chi connectivity index (χ3v) is 3.38. The van der Waals surface area contributed by atoms with E-state index in [0.29, 0.717) is 11.1 Å². The highest BCUT2D eigenvalue weighted by atomic mass is 32.1. The Kier molecular flexibility index (Phi) is 2.68. The summed E-state index contributed by atoms with van der Waals surface area (Å²) in [5.74, 6) is 0. The van der Waals surface area contributed by atoms with Crippen molar-refractivity contribution < 1.29 is 4.79 Å². The van der Waals surface area contributed by atoms with Crippen LogP contribution < -0.4 is 5.56 Å². The predicted molar refractivity (Wildman–Crippen MR) is 61.8 cm³/mol. The molecule has 15 heavy (non-hydrogen) atoms. The third kappa shape index (κ3) is 1.72. The Morgan fingerprint density at radius 2 is 2.33 bits per heavy atom. The molecule has 0 aromatic carbocycles. The molecule has 4 heteroatoms. The molecule has 78 valence electrons. The maximum atomic E-state index is 11.4. The second-order valence-corrected chi connectivity index (χ2v) is 4.30. The first-order valence-electron chi connectivity index (χ1n) is 4.85. The van der Waals surface area contributed by atoms with Crippen LogP contribution >= 0.6 is 11.3 Å². The molecular formula is C11H11NO2S. The molecule has 0 aliphatic rings. The number of aromatic amines is 1. The van der Waals surface area contributed by atoms with Gasteiger partial charge in [-0.25, -0.2) is 0 Å². The SMILES string of the molecule is CCCc1cc(=O)[nH]c2c(C=O)csc12. The topological polar surface area (TPSA) is 49.9 Å². The fraction of sp³-hybridized carbons (Fsp3) is 0.273. The summed E-state index contributed by atoms with van der Waals surface area (Å²) in [5, 5.41) is 1.78. The average Bonchev–Trinajstić information content (AvgIpc) is 2.61. The number of fused-ring (bicyclic) bond motifs is 1. The van der Waals surface area contributed by atoms with E-state index in [0.717, 1.165) is 29.4 Å². The zero-order valence-electron chi connectivity index (χ0n) is 8.37. The second kappa shape index (κ2) is 3.98. The van der Waals surface area contributed by atoms with Gasteiger partial charge in [0.1, 0.15) is 0 Å². The molecule has 2 heterocycles. The maximum absolute atomic E-state index is 11.4. The molecule has 0 saturated carbocycles. The van der Waals surface area contributed by atoms with Crippen LogP contribution in [0.25, 0.3) is 10.2 Å². The number of nitrogens with one attached hydrogen (secondary N) is 1. The van der Waals surface area contributed by atoms with Gasteiger partial charge in [-0.05, 0) is 12.0 Å². The summed E-state index contributed by atoms with van der Waals surface area (Å²) < 4.78 is 1.03. The largest absolute Gasteiger partial charge is 0.321 e. The monoisotopic (exact) mass is 221 g/mol. The lowest BCUT2D eigenvalue weighted by molar-refractivity contribution is 0.112. The maximum Gasteiger partial charge on any atom is 0.248 e. The smallest absolute Gasteiger partial charge is 0.248 e. The van der Waals surface area contributed by atoms with Gasteiger partial charge >= 0.3 is 0 Å². The zero-order valence-corrected chi connectivity index (χ0v) is 9.19. The zero-order chi connectivity index (χ0) is 10.8. The highest BCUT2D eigenvalue weighted by Gasteiger charge is 2.08. The minimum atomic E-state index is -0.132. The number of thiophene rings is 1. The molecule has 0 aliphatic heterocycles. The van der Waals surface area contributed by atoms with Crippen molar-refractivity contribution in [2.24, 2.45) is 0 Å². The number of carbonyl (C=O) groups excluding carboxylic acids is 1. The Morgan fingerprint density at radius 1 is 1.53 bits per heavy atom. The van der Waals surface area contributed by atoms with Crippen LogP contribution in [0, 0.1) is 0 Å². The van der Waals surface area contributed by atoms with Crippen LogP contribution in [0.2, 0.25) is 0 Å². The van der Waals surface area contributed by atoms with Crippen LogP contribution in [0.4, 0.5) is 0 Å². The van der Waals surface area contributed by atoms with Gasteiger partial charge < -0.3 is 4.98 Å². The first kappa shape index (κ1) is 10.1. The van der Waals surface area contributed by atoms with E-state index in [2.05, 4.69) is 11.9 Å². The van der Waals surface area contributed by atoms with Crippen LogP contribution in [0.5, 0.6) is 0 Å². The van der Waals surface area contributed by atoms with Gasteiger partial charge in [0.05, 0.1) is 10.2 Å². The van der Waals surface area contributed by atoms with Crippen molar-refractivity contribution in [3.63, 3.8) is 0 Å². The molecule has 2 aromatic heterocycles. The highest BCUT2D eigenvalue weighted by Crippen LogP contribution is 2.25. The van der Waals surface area contributed by atoms with Crippen LogP contribution in [-0.2, 0) is 6.42 Å². The van der Waals surface area contributed by atoms with Gasteiger partial charge in [-0.3, -0.25) is 9.59 Å². The van der Waals surface area contributed by atoms with Gasteiger partial charge in [-0.2, -0.15) is 0 Å². The number of carbonyl (C=O) groups is 1. The number of aromatic nitrogens is 1. The van der Waals surface area contributed by atoms with Crippen molar-refractivity contribution in [1.29, 1.82) is 0 Å². The summed E-state index contributed by atoms with van der Waals surface area (Å²) in [5.41, 5.74) is 2.16. The average molecular weight is 221 g/mol. The molecule has 2 rings (SSSR count). The van der Waals surface area contributed by atoms with Gasteiger partial charge in [0.15, 0.2) is 6.29 Å². The summed E-state index contributed by atoms with van der Waals surface area (Å²) in [6.07, 6.45) is 2.65.